The number of allylic oxidation sites excluding steroid dienone is 7. The zero-order valence-corrected chi connectivity index (χ0v) is 42.9. The Morgan fingerprint density at radius 1 is 0.971 bits per heavy atom. The molecule has 4 aromatic carbocycles. The summed E-state index contributed by atoms with van der Waals surface area (Å²) in [4.78, 5) is 33.1. The maximum Gasteiger partial charge on any atom is 0.223 e. The summed E-state index contributed by atoms with van der Waals surface area (Å²) in [5.41, 5.74) is 10.9. The second-order valence-electron chi connectivity index (χ2n) is 20.5. The highest BCUT2D eigenvalue weighted by Crippen LogP contribution is 2.49. The minimum absolute atomic E-state index is 0.0301. The third-order valence-electron chi connectivity index (χ3n) is 14.7. The van der Waals surface area contributed by atoms with E-state index >= 15 is 0 Å². The minimum Gasteiger partial charge on any atom is -0.494 e. The number of para-hydroxylation sites is 1. The first kappa shape index (κ1) is 48.9. The molecule has 0 saturated carbocycles. The Hall–Kier alpha value is -5.58. The molecule has 68 heavy (non-hydrogen) atoms. The van der Waals surface area contributed by atoms with Crippen LogP contribution in [0.15, 0.2) is 131 Å². The van der Waals surface area contributed by atoms with E-state index in [-0.39, 0.29) is 33.9 Å². The van der Waals surface area contributed by atoms with Crippen LogP contribution in [0.2, 0.25) is 0 Å². The van der Waals surface area contributed by atoms with Gasteiger partial charge < -0.3 is 29.4 Å². The van der Waals surface area contributed by atoms with Gasteiger partial charge in [-0.05, 0) is 111 Å². The van der Waals surface area contributed by atoms with E-state index in [1.165, 1.54) is 62.3 Å². The number of methoxy groups -OCH3 is 1. The number of carbonyl (C=O) groups is 2. The molecule has 3 heterocycles. The molecule has 1 saturated heterocycles. The monoisotopic (exact) mass is 935 g/mol. The molecule has 2 N–H and O–H groups in total. The standard InChI is InChI=1S/C58H71N5O4S/c1-11-59-46-27-25-39-19-13-15-21-43(39)51(46)56(3,4)32-29-44-53(64)52(54(44)66-9)61-35-30-40(31-36-61)55(65)60-33-18-34-63-47-22-16-14-20-41(47)38-57(5,6)49(63)23-17-24-50-58(7,8)45-37-42(68-67-10)26-28-48(45)62(50)12-2/h13-17,19-29,37,40,59H,11-12,18,30-36,38H2,1-10H3/p+1/b44-29+. The lowest BCUT2D eigenvalue weighted by atomic mass is 9.76. The van der Waals surface area contributed by atoms with Gasteiger partial charge >= 0.3 is 0 Å². The highest BCUT2D eigenvalue weighted by Gasteiger charge is 2.43. The van der Waals surface area contributed by atoms with Crippen molar-refractivity contribution >= 4 is 57.3 Å². The Labute approximate surface area is 409 Å². The number of likely N-dealkylation sites (tertiary alicyclic amines) is 1. The number of hydrogen-bond acceptors (Lipinski definition) is 8. The van der Waals surface area contributed by atoms with E-state index in [1.54, 1.807) is 14.2 Å². The topological polar surface area (TPSA) is 86.2 Å². The smallest absolute Gasteiger partial charge is 0.223 e. The molecule has 4 aliphatic rings. The van der Waals surface area contributed by atoms with Gasteiger partial charge in [0.25, 0.3) is 0 Å². The Balaban J connectivity index is 0.906. The average molecular weight is 935 g/mol. The Kier molecular flexibility index (Phi) is 14.5. The average Bonchev–Trinajstić information content (AvgIpc) is 3.53. The number of Topliss-reactive ketones (excluding diaryl/α,β-unsaturated/α-hetero) is 1. The largest absolute Gasteiger partial charge is 0.494 e. The van der Waals surface area contributed by atoms with Crippen molar-refractivity contribution in [2.24, 2.45) is 11.3 Å². The summed E-state index contributed by atoms with van der Waals surface area (Å²) in [5, 5.41) is 9.30. The van der Waals surface area contributed by atoms with E-state index < -0.39 is 0 Å². The molecule has 0 aromatic heterocycles. The number of hydrogen-bond donors (Lipinski definition) is 2. The molecule has 0 atom stereocenters. The second-order valence-corrected chi connectivity index (χ2v) is 21.5. The van der Waals surface area contributed by atoms with Gasteiger partial charge in [0, 0.05) is 102 Å². The first-order valence-electron chi connectivity index (χ1n) is 24.7. The summed E-state index contributed by atoms with van der Waals surface area (Å²) >= 11 is 1.40. The maximum absolute atomic E-state index is 13.8. The zero-order valence-electron chi connectivity index (χ0n) is 42.1. The number of ether oxygens (including phenoxy) is 1. The molecule has 8 rings (SSSR count). The van der Waals surface area contributed by atoms with Gasteiger partial charge in [0.1, 0.15) is 5.70 Å². The van der Waals surface area contributed by atoms with Crippen molar-refractivity contribution in [1.82, 2.24) is 10.2 Å². The Bertz CT molecular complexity index is 2730. The molecule has 358 valence electrons. The molecule has 9 nitrogen and oxygen atoms in total. The van der Waals surface area contributed by atoms with Crippen molar-refractivity contribution in [3.05, 3.63) is 143 Å². The van der Waals surface area contributed by atoms with E-state index in [0.717, 1.165) is 43.1 Å². The Morgan fingerprint density at radius 3 is 2.46 bits per heavy atom. The predicted octanol–water partition coefficient (Wildman–Crippen LogP) is 11.8. The number of amides is 1. The second kappa shape index (κ2) is 20.2. The molecular formula is C58H72N5O4S+. The summed E-state index contributed by atoms with van der Waals surface area (Å²) < 4.78 is 13.8. The summed E-state index contributed by atoms with van der Waals surface area (Å²) in [6.45, 7) is 22.5. The van der Waals surface area contributed by atoms with E-state index in [0.29, 0.717) is 55.9 Å². The lowest BCUT2D eigenvalue weighted by Gasteiger charge is -2.39. The van der Waals surface area contributed by atoms with E-state index in [2.05, 4.69) is 184 Å². The van der Waals surface area contributed by atoms with Crippen LogP contribution in [-0.2, 0) is 35.8 Å². The highest BCUT2D eigenvalue weighted by atomic mass is 32.2. The quantitative estimate of drug-likeness (QED) is 0.0469. The van der Waals surface area contributed by atoms with Crippen LogP contribution in [0.1, 0.15) is 97.8 Å². The molecule has 0 unspecified atom stereocenters. The molecular weight excluding hydrogens is 863 g/mol. The number of carbonyl (C=O) groups excluding carboxylic acids is 2. The number of nitrogens with one attached hydrogen (secondary N) is 2. The number of benzene rings is 4. The fraction of sp³-hybridized carbons (Fsp3) is 0.431. The van der Waals surface area contributed by atoms with Gasteiger partial charge in [-0.1, -0.05) is 88.4 Å². The van der Waals surface area contributed by atoms with Gasteiger partial charge in [0.15, 0.2) is 18.0 Å². The van der Waals surface area contributed by atoms with Crippen LogP contribution in [0.5, 0.6) is 0 Å². The van der Waals surface area contributed by atoms with Crippen LogP contribution >= 0.6 is 12.0 Å². The fourth-order valence-electron chi connectivity index (χ4n) is 11.2. The Morgan fingerprint density at radius 2 is 1.72 bits per heavy atom. The lowest BCUT2D eigenvalue weighted by molar-refractivity contribution is -0.447. The summed E-state index contributed by atoms with van der Waals surface area (Å²) in [5.74, 6) is 0.697. The third kappa shape index (κ3) is 9.43. The van der Waals surface area contributed by atoms with Crippen molar-refractivity contribution in [3.63, 3.8) is 0 Å². The van der Waals surface area contributed by atoms with E-state index in [9.17, 15) is 9.59 Å². The summed E-state index contributed by atoms with van der Waals surface area (Å²) in [6, 6.07) is 28.2. The fourth-order valence-corrected chi connectivity index (χ4v) is 11.7. The molecule has 0 radical (unpaired) electrons. The normalized spacial score (nSPS) is 19.3. The number of fused-ring (bicyclic) bond motifs is 3. The summed E-state index contributed by atoms with van der Waals surface area (Å²) in [7, 11) is 3.37. The van der Waals surface area contributed by atoms with Crippen LogP contribution < -0.4 is 15.5 Å². The van der Waals surface area contributed by atoms with Gasteiger partial charge in [-0.2, -0.15) is 4.58 Å². The first-order valence-corrected chi connectivity index (χ1v) is 25.5. The molecule has 0 bridgehead atoms. The highest BCUT2D eigenvalue weighted by molar-refractivity contribution is 7.94. The van der Waals surface area contributed by atoms with Gasteiger partial charge in [0.2, 0.25) is 17.4 Å². The molecule has 1 amide bonds. The number of likely N-dealkylation sites (N-methyl/N-ethyl adjacent to an activating group) is 1. The van der Waals surface area contributed by atoms with Gasteiger partial charge in [0.05, 0.1) is 25.2 Å². The molecule has 3 aliphatic heterocycles. The van der Waals surface area contributed by atoms with Crippen LogP contribution in [0.4, 0.5) is 17.1 Å². The SMILES string of the molecule is CCNc1ccc2ccccc2c1C(C)(C)C/C=C1\C(=O)C(N2CCC(C(=O)NCCC[N+]3=C(/C=C/C=C4/N(CC)c5ccc(SOC)cc5C4(C)C)C(C)(C)Cc4ccccc43)CC2)=C1OC. The zero-order chi connectivity index (χ0) is 48.4. The molecule has 4 aromatic rings. The minimum atomic E-state index is -0.246. The van der Waals surface area contributed by atoms with Crippen molar-refractivity contribution in [2.75, 3.05) is 63.7 Å². The predicted molar refractivity (Wildman–Crippen MR) is 281 cm³/mol. The maximum atomic E-state index is 13.8. The van der Waals surface area contributed by atoms with Crippen LogP contribution in [0.3, 0.4) is 0 Å². The van der Waals surface area contributed by atoms with Crippen molar-refractivity contribution in [3.8, 4) is 0 Å². The van der Waals surface area contributed by atoms with Gasteiger partial charge in [-0.15, -0.1) is 0 Å². The number of anilines is 2. The summed E-state index contributed by atoms with van der Waals surface area (Å²) in [6.07, 6.45) is 12.8. The molecule has 1 aliphatic carbocycles. The third-order valence-corrected chi connectivity index (χ3v) is 15.3. The first-order chi connectivity index (χ1) is 32.6. The number of rotatable bonds is 17. The van der Waals surface area contributed by atoms with E-state index in [4.69, 9.17) is 8.92 Å². The van der Waals surface area contributed by atoms with Gasteiger partial charge in [-0.25, -0.2) is 0 Å². The number of ketones is 1. The number of piperidine rings is 1. The molecule has 0 spiro atoms. The van der Waals surface area contributed by atoms with Crippen LogP contribution in [0, 0.1) is 11.3 Å². The van der Waals surface area contributed by atoms with Gasteiger partial charge in [-0.3, -0.25) is 9.59 Å². The lowest BCUT2D eigenvalue weighted by Crippen LogP contribution is -2.45. The van der Waals surface area contributed by atoms with Crippen LogP contribution in [0.25, 0.3) is 10.8 Å². The van der Waals surface area contributed by atoms with Crippen molar-refractivity contribution in [2.45, 2.75) is 103 Å². The molecule has 1 fully saturated rings. The van der Waals surface area contributed by atoms with Crippen molar-refractivity contribution < 1.29 is 23.1 Å². The number of nitrogens with zero attached hydrogens (tertiary/aromatic N) is 3. The van der Waals surface area contributed by atoms with Crippen molar-refractivity contribution in [1.29, 1.82) is 0 Å². The van der Waals surface area contributed by atoms with E-state index in [1.807, 2.05) is 0 Å². The molecule has 10 heteroatoms. The van der Waals surface area contributed by atoms with Crippen LogP contribution in [-0.4, -0.2) is 80.4 Å².